The molecule has 0 fully saturated rings. The summed E-state index contributed by atoms with van der Waals surface area (Å²) in [7, 11) is 1.66. The summed E-state index contributed by atoms with van der Waals surface area (Å²) in [5.74, 6) is 0.804. The van der Waals surface area contributed by atoms with Crippen LogP contribution >= 0.6 is 11.6 Å². The third kappa shape index (κ3) is 1.86. The highest BCUT2D eigenvalue weighted by Crippen LogP contribution is 2.30. The molecule has 3 aromatic heterocycles. The lowest BCUT2D eigenvalue weighted by Gasteiger charge is -2.00. The normalized spacial score (nSPS) is 11.3. The second kappa shape index (κ2) is 4.49. The maximum atomic E-state index is 5.97. The van der Waals surface area contributed by atoms with Gasteiger partial charge in [0.05, 0.1) is 24.5 Å². The first-order valence-corrected chi connectivity index (χ1v) is 6.80. The van der Waals surface area contributed by atoms with Crippen LogP contribution in [0.4, 0.5) is 0 Å². The second-order valence-electron chi connectivity index (χ2n) is 4.68. The van der Waals surface area contributed by atoms with Gasteiger partial charge >= 0.3 is 0 Å². The molecule has 21 heavy (non-hydrogen) atoms. The van der Waals surface area contributed by atoms with E-state index in [1.807, 2.05) is 30.3 Å². The molecule has 0 amide bonds. The molecule has 5 nitrogen and oxygen atoms in total. The number of rotatable bonds is 2. The molecule has 1 N–H and O–H groups in total. The lowest BCUT2D eigenvalue weighted by Crippen LogP contribution is -1.94. The summed E-state index contributed by atoms with van der Waals surface area (Å²) in [5, 5.41) is 5.79. The molecule has 3 heterocycles. The van der Waals surface area contributed by atoms with Gasteiger partial charge in [0, 0.05) is 5.39 Å². The lowest BCUT2D eigenvalue weighted by atomic mass is 10.2. The highest BCUT2D eigenvalue weighted by Gasteiger charge is 2.12. The summed E-state index contributed by atoms with van der Waals surface area (Å²) >= 11 is 5.97. The van der Waals surface area contributed by atoms with Crippen molar-refractivity contribution in [2.75, 3.05) is 7.11 Å². The number of fused-ring (bicyclic) bond motifs is 2. The van der Waals surface area contributed by atoms with Crippen molar-refractivity contribution in [2.24, 2.45) is 0 Å². The van der Waals surface area contributed by atoms with Crippen molar-refractivity contribution in [2.45, 2.75) is 0 Å². The number of methoxy groups -OCH3 is 1. The number of hydrogen-bond acceptors (Lipinski definition) is 3. The first kappa shape index (κ1) is 12.2. The quantitative estimate of drug-likeness (QED) is 0.616. The van der Waals surface area contributed by atoms with Gasteiger partial charge in [-0.25, -0.2) is 9.50 Å². The molecule has 0 saturated heterocycles. The third-order valence-electron chi connectivity index (χ3n) is 3.44. The van der Waals surface area contributed by atoms with E-state index in [-0.39, 0.29) is 0 Å². The molecule has 0 atom stereocenters. The van der Waals surface area contributed by atoms with Gasteiger partial charge in [-0.15, -0.1) is 0 Å². The number of nitrogens with zero attached hydrogens (tertiary/aromatic N) is 3. The van der Waals surface area contributed by atoms with Crippen LogP contribution in [-0.4, -0.2) is 26.7 Å². The fourth-order valence-electron chi connectivity index (χ4n) is 2.47. The van der Waals surface area contributed by atoms with Crippen LogP contribution in [0.1, 0.15) is 0 Å². The lowest BCUT2D eigenvalue weighted by molar-refractivity contribution is 0.419. The van der Waals surface area contributed by atoms with Crippen LogP contribution in [0, 0.1) is 0 Å². The first-order valence-electron chi connectivity index (χ1n) is 6.42. The minimum atomic E-state index is 0.426. The summed E-state index contributed by atoms with van der Waals surface area (Å²) in [6.07, 6.45) is 1.77. The van der Waals surface area contributed by atoms with E-state index in [4.69, 9.17) is 16.3 Å². The molecule has 6 heteroatoms. The molecule has 0 unspecified atom stereocenters. The van der Waals surface area contributed by atoms with Crippen molar-refractivity contribution in [3.8, 4) is 17.1 Å². The Morgan fingerprint density at radius 1 is 1.24 bits per heavy atom. The van der Waals surface area contributed by atoms with Crippen molar-refractivity contribution in [1.29, 1.82) is 0 Å². The maximum Gasteiger partial charge on any atom is 0.154 e. The molecule has 4 aromatic rings. The van der Waals surface area contributed by atoms with Gasteiger partial charge in [-0.2, -0.15) is 5.10 Å². The van der Waals surface area contributed by atoms with Gasteiger partial charge < -0.3 is 9.72 Å². The first-order chi connectivity index (χ1) is 10.3. The highest BCUT2D eigenvalue weighted by molar-refractivity contribution is 6.29. The molecule has 0 saturated carbocycles. The SMILES string of the molecule is COc1cccc2cc(-c3cnc4ccc(Cl)nn34)[nH]c12. The Morgan fingerprint density at radius 3 is 3.00 bits per heavy atom. The van der Waals surface area contributed by atoms with Gasteiger partial charge in [0.2, 0.25) is 0 Å². The number of hydrogen-bond donors (Lipinski definition) is 1. The predicted octanol–water partition coefficient (Wildman–Crippen LogP) is 3.54. The molecule has 0 aliphatic rings. The van der Waals surface area contributed by atoms with Gasteiger partial charge in [-0.05, 0) is 24.3 Å². The zero-order chi connectivity index (χ0) is 14.4. The van der Waals surface area contributed by atoms with Gasteiger partial charge in [-0.1, -0.05) is 23.7 Å². The van der Waals surface area contributed by atoms with Crippen molar-refractivity contribution in [3.63, 3.8) is 0 Å². The molecule has 0 aliphatic heterocycles. The number of halogens is 1. The van der Waals surface area contributed by atoms with Gasteiger partial charge in [-0.3, -0.25) is 0 Å². The van der Waals surface area contributed by atoms with Gasteiger partial charge in [0.25, 0.3) is 0 Å². The Bertz CT molecular complexity index is 957. The number of para-hydroxylation sites is 1. The molecular weight excluding hydrogens is 288 g/mol. The monoisotopic (exact) mass is 298 g/mol. The zero-order valence-corrected chi connectivity index (χ0v) is 11.9. The van der Waals surface area contributed by atoms with Crippen LogP contribution in [0.5, 0.6) is 5.75 Å². The Hall–Kier alpha value is -2.53. The number of ether oxygens (including phenoxy) is 1. The minimum Gasteiger partial charge on any atom is -0.495 e. The summed E-state index contributed by atoms with van der Waals surface area (Å²) in [6, 6.07) is 11.5. The van der Waals surface area contributed by atoms with E-state index in [1.165, 1.54) is 0 Å². The van der Waals surface area contributed by atoms with Crippen molar-refractivity contribution in [3.05, 3.63) is 47.7 Å². The van der Waals surface area contributed by atoms with Crippen molar-refractivity contribution in [1.82, 2.24) is 19.6 Å². The topological polar surface area (TPSA) is 55.2 Å². The summed E-state index contributed by atoms with van der Waals surface area (Å²) in [6.45, 7) is 0. The zero-order valence-electron chi connectivity index (χ0n) is 11.2. The second-order valence-corrected chi connectivity index (χ2v) is 5.06. The van der Waals surface area contributed by atoms with Crippen LogP contribution in [-0.2, 0) is 0 Å². The Morgan fingerprint density at radius 2 is 2.14 bits per heavy atom. The molecule has 0 spiro atoms. The standard InChI is InChI=1S/C15H11ClN4O/c1-21-12-4-2-3-9-7-10(18-15(9)12)11-8-17-14-6-5-13(16)19-20(11)14/h2-8,18H,1H3. The molecule has 0 aliphatic carbocycles. The highest BCUT2D eigenvalue weighted by atomic mass is 35.5. The molecule has 0 radical (unpaired) electrons. The van der Waals surface area contributed by atoms with Crippen LogP contribution < -0.4 is 4.74 Å². The van der Waals surface area contributed by atoms with E-state index in [1.54, 1.807) is 23.9 Å². The number of H-pyrrole nitrogens is 1. The molecule has 4 rings (SSSR count). The van der Waals surface area contributed by atoms with E-state index < -0.39 is 0 Å². The largest absolute Gasteiger partial charge is 0.495 e. The van der Waals surface area contributed by atoms with Crippen LogP contribution in [0.3, 0.4) is 0 Å². The Kier molecular flexibility index (Phi) is 2.62. The predicted molar refractivity (Wildman–Crippen MR) is 81.8 cm³/mol. The summed E-state index contributed by atoms with van der Waals surface area (Å²) in [4.78, 5) is 7.70. The number of imidazole rings is 1. The van der Waals surface area contributed by atoms with Gasteiger partial charge in [0.15, 0.2) is 5.65 Å². The Labute approximate surface area is 125 Å². The molecule has 104 valence electrons. The van der Waals surface area contributed by atoms with Crippen molar-refractivity contribution >= 4 is 28.2 Å². The van der Waals surface area contributed by atoms with Crippen LogP contribution in [0.15, 0.2) is 42.6 Å². The summed E-state index contributed by atoms with van der Waals surface area (Å²) in [5.41, 5.74) is 3.47. The number of aromatic amines is 1. The molecular formula is C15H11ClN4O. The van der Waals surface area contributed by atoms with Crippen LogP contribution in [0.2, 0.25) is 5.15 Å². The molecule has 0 bridgehead atoms. The smallest absolute Gasteiger partial charge is 0.154 e. The third-order valence-corrected chi connectivity index (χ3v) is 3.65. The Balaban J connectivity index is 1.98. The van der Waals surface area contributed by atoms with Crippen molar-refractivity contribution < 1.29 is 4.74 Å². The maximum absolute atomic E-state index is 5.97. The average molecular weight is 299 g/mol. The van der Waals surface area contributed by atoms with E-state index in [0.717, 1.165) is 33.7 Å². The van der Waals surface area contributed by atoms with Crippen LogP contribution in [0.25, 0.3) is 27.9 Å². The van der Waals surface area contributed by atoms with E-state index in [0.29, 0.717) is 5.15 Å². The number of nitrogens with one attached hydrogen (secondary N) is 1. The van der Waals surface area contributed by atoms with E-state index in [9.17, 15) is 0 Å². The number of benzene rings is 1. The minimum absolute atomic E-state index is 0.426. The van der Waals surface area contributed by atoms with E-state index in [2.05, 4.69) is 15.1 Å². The fraction of sp³-hybridized carbons (Fsp3) is 0.0667. The molecule has 1 aromatic carbocycles. The fourth-order valence-corrected chi connectivity index (χ4v) is 2.61. The van der Waals surface area contributed by atoms with E-state index >= 15 is 0 Å². The summed E-state index contributed by atoms with van der Waals surface area (Å²) < 4.78 is 7.10. The van der Waals surface area contributed by atoms with Gasteiger partial charge in [0.1, 0.15) is 16.6 Å². The average Bonchev–Trinajstić information content (AvgIpc) is 3.09. The number of aromatic nitrogens is 4.